The highest BCUT2D eigenvalue weighted by molar-refractivity contribution is 9.11. The van der Waals surface area contributed by atoms with Gasteiger partial charge in [0.15, 0.2) is 11.5 Å². The molecule has 0 saturated carbocycles. The first-order chi connectivity index (χ1) is 6.77. The number of hydrogen-bond acceptors (Lipinski definition) is 4. The summed E-state index contributed by atoms with van der Waals surface area (Å²) in [4.78, 5) is 0. The van der Waals surface area contributed by atoms with Crippen molar-refractivity contribution >= 4 is 63.9 Å². The lowest BCUT2D eigenvalue weighted by molar-refractivity contribution is 0.230. The molecule has 0 bridgehead atoms. The Kier molecular flexibility index (Phi) is 2.27. The first kappa shape index (κ1) is 9.45. The molecule has 6 heteroatoms. The Morgan fingerprint density at radius 1 is 0.929 bits per heavy atom. The molecule has 3 heterocycles. The van der Waals surface area contributed by atoms with Crippen molar-refractivity contribution in [1.29, 1.82) is 0 Å². The third-order valence-corrected chi connectivity index (χ3v) is 5.66. The van der Waals surface area contributed by atoms with Gasteiger partial charge in [0.05, 0.1) is 9.40 Å². The zero-order valence-corrected chi connectivity index (χ0v) is 11.6. The van der Waals surface area contributed by atoms with Gasteiger partial charge in [-0.25, -0.2) is 0 Å². The minimum absolute atomic E-state index is 0.607. The van der Waals surface area contributed by atoms with Gasteiger partial charge >= 0.3 is 0 Å². The van der Waals surface area contributed by atoms with E-state index in [-0.39, 0.29) is 0 Å². The van der Waals surface area contributed by atoms with E-state index in [1.165, 1.54) is 4.01 Å². The molecule has 0 aliphatic carbocycles. The van der Waals surface area contributed by atoms with Gasteiger partial charge < -0.3 is 9.47 Å². The van der Waals surface area contributed by atoms with Crippen LogP contribution in [0.5, 0.6) is 11.5 Å². The van der Waals surface area contributed by atoms with E-state index in [2.05, 4.69) is 31.9 Å². The van der Waals surface area contributed by atoms with Crippen LogP contribution in [0, 0.1) is 0 Å². The Bertz CT molecular complexity index is 461. The van der Waals surface area contributed by atoms with Gasteiger partial charge in [0.2, 0.25) is 0 Å². The molecule has 14 heavy (non-hydrogen) atoms. The molecule has 3 rings (SSSR count). The van der Waals surface area contributed by atoms with E-state index in [1.807, 2.05) is 0 Å². The Morgan fingerprint density at radius 2 is 1.43 bits per heavy atom. The van der Waals surface area contributed by atoms with Gasteiger partial charge in [0.25, 0.3) is 0 Å². The van der Waals surface area contributed by atoms with Crippen molar-refractivity contribution in [3.8, 4) is 11.5 Å². The number of hydrogen-bond donors (Lipinski definition) is 0. The van der Waals surface area contributed by atoms with E-state index < -0.39 is 0 Å². The first-order valence-corrected chi connectivity index (χ1v) is 7.15. The minimum atomic E-state index is 0.607. The smallest absolute Gasteiger partial charge is 0.157 e. The van der Waals surface area contributed by atoms with Crippen LogP contribution in [0.25, 0.3) is 9.40 Å². The van der Waals surface area contributed by atoms with Gasteiger partial charge in [-0.3, -0.25) is 0 Å². The molecule has 1 aliphatic heterocycles. The summed E-state index contributed by atoms with van der Waals surface area (Å²) in [6, 6.07) is 0. The topological polar surface area (TPSA) is 18.5 Å². The van der Waals surface area contributed by atoms with Crippen molar-refractivity contribution in [1.82, 2.24) is 0 Å². The van der Waals surface area contributed by atoms with Crippen molar-refractivity contribution in [2.45, 2.75) is 0 Å². The van der Waals surface area contributed by atoms with Crippen LogP contribution in [0.1, 0.15) is 0 Å². The van der Waals surface area contributed by atoms with Gasteiger partial charge in [-0.05, 0) is 31.9 Å². The summed E-state index contributed by atoms with van der Waals surface area (Å²) in [6.45, 7) is 1.21. The van der Waals surface area contributed by atoms with E-state index in [0.717, 1.165) is 24.5 Å². The minimum Gasteiger partial charge on any atom is -0.487 e. The summed E-state index contributed by atoms with van der Waals surface area (Å²) in [6.07, 6.45) is 0. The Morgan fingerprint density at radius 3 is 1.93 bits per heavy atom. The number of thiophene rings is 2. The molecule has 1 aliphatic rings. The number of ether oxygens (including phenoxy) is 2. The van der Waals surface area contributed by atoms with Crippen LogP contribution in [0.2, 0.25) is 0 Å². The predicted octanol–water partition coefficient (Wildman–Crippen LogP) is 4.26. The maximum Gasteiger partial charge on any atom is 0.157 e. The monoisotopic (exact) mass is 354 g/mol. The second kappa shape index (κ2) is 3.37. The molecule has 0 fully saturated rings. The number of rotatable bonds is 0. The van der Waals surface area contributed by atoms with E-state index in [9.17, 15) is 0 Å². The molecule has 2 aromatic rings. The quantitative estimate of drug-likeness (QED) is 0.703. The summed E-state index contributed by atoms with van der Waals surface area (Å²) in [5, 5.41) is 1.11. The van der Waals surface area contributed by atoms with Crippen LogP contribution in [-0.4, -0.2) is 13.2 Å². The summed E-state index contributed by atoms with van der Waals surface area (Å²) >= 11 is 10.4. The van der Waals surface area contributed by atoms with E-state index in [1.54, 1.807) is 22.7 Å². The highest BCUT2D eigenvalue weighted by atomic mass is 79.9. The van der Waals surface area contributed by atoms with Crippen LogP contribution in [0.4, 0.5) is 0 Å². The molecular weight excluding hydrogens is 352 g/mol. The molecule has 0 aromatic carbocycles. The fourth-order valence-electron chi connectivity index (χ4n) is 1.41. The van der Waals surface area contributed by atoms with Gasteiger partial charge in [-0.2, -0.15) is 0 Å². The van der Waals surface area contributed by atoms with Crippen LogP contribution < -0.4 is 9.47 Å². The van der Waals surface area contributed by atoms with Crippen molar-refractivity contribution in [2.24, 2.45) is 0 Å². The summed E-state index contributed by atoms with van der Waals surface area (Å²) in [5.74, 6) is 1.86. The van der Waals surface area contributed by atoms with Crippen LogP contribution >= 0.6 is 54.5 Å². The Labute approximate surface area is 105 Å². The summed E-state index contributed by atoms with van der Waals surface area (Å²) < 4.78 is 14.6. The number of halogens is 2. The lowest BCUT2D eigenvalue weighted by atomic mass is 10.4. The second-order valence-corrected chi connectivity index (χ2v) is 7.70. The van der Waals surface area contributed by atoms with Crippen molar-refractivity contribution in [3.63, 3.8) is 0 Å². The normalized spacial score (nSPS) is 15.0. The predicted molar refractivity (Wildman–Crippen MR) is 66.1 cm³/mol. The molecule has 2 nitrogen and oxygen atoms in total. The molecule has 0 unspecified atom stereocenters. The zero-order valence-electron chi connectivity index (χ0n) is 6.80. The third-order valence-electron chi connectivity index (χ3n) is 1.96. The molecule has 0 saturated heterocycles. The molecular formula is C8H4Br2O2S2. The zero-order chi connectivity index (χ0) is 9.71. The second-order valence-electron chi connectivity index (χ2n) is 2.77. The standard InChI is InChI=1S/C8H4Br2O2S2/c9-6-4-3-5(12-2-1-11-4)7(10)14-8(3)13-6/h1-2H2. The lowest BCUT2D eigenvalue weighted by Crippen LogP contribution is -2.05. The van der Waals surface area contributed by atoms with Gasteiger partial charge in [0.1, 0.15) is 20.8 Å². The van der Waals surface area contributed by atoms with E-state index >= 15 is 0 Å². The van der Waals surface area contributed by atoms with Gasteiger partial charge in [0, 0.05) is 0 Å². The molecule has 0 radical (unpaired) electrons. The fourth-order valence-corrected chi connectivity index (χ4v) is 5.72. The third kappa shape index (κ3) is 1.24. The lowest BCUT2D eigenvalue weighted by Gasteiger charge is -2.00. The van der Waals surface area contributed by atoms with Crippen LogP contribution in [-0.2, 0) is 0 Å². The molecule has 0 amide bonds. The van der Waals surface area contributed by atoms with Gasteiger partial charge in [-0.15, -0.1) is 22.7 Å². The molecule has 0 N–H and O–H groups in total. The Balaban J connectivity index is 2.42. The largest absolute Gasteiger partial charge is 0.487 e. The fraction of sp³-hybridized carbons (Fsp3) is 0.250. The van der Waals surface area contributed by atoms with Crippen molar-refractivity contribution < 1.29 is 9.47 Å². The van der Waals surface area contributed by atoms with Crippen LogP contribution in [0.15, 0.2) is 7.57 Å². The maximum absolute atomic E-state index is 5.63. The van der Waals surface area contributed by atoms with Crippen LogP contribution in [0.3, 0.4) is 0 Å². The highest BCUT2D eigenvalue weighted by Gasteiger charge is 2.23. The molecule has 2 aromatic heterocycles. The molecule has 74 valence electrons. The molecule has 0 spiro atoms. The van der Waals surface area contributed by atoms with E-state index in [0.29, 0.717) is 13.2 Å². The Hall–Kier alpha value is 0.220. The average molecular weight is 356 g/mol. The highest BCUT2D eigenvalue weighted by Crippen LogP contribution is 2.54. The SMILES string of the molecule is Brc1sc2sc(Br)c3c2c1OCCO3. The summed E-state index contributed by atoms with van der Waals surface area (Å²) in [5.41, 5.74) is 0. The van der Waals surface area contributed by atoms with Crippen molar-refractivity contribution in [3.05, 3.63) is 7.57 Å². The maximum atomic E-state index is 5.63. The van der Waals surface area contributed by atoms with Gasteiger partial charge in [-0.1, -0.05) is 0 Å². The summed E-state index contributed by atoms with van der Waals surface area (Å²) in [7, 11) is 0. The van der Waals surface area contributed by atoms with E-state index in [4.69, 9.17) is 9.47 Å². The first-order valence-electron chi connectivity index (χ1n) is 3.93. The average Bonchev–Trinajstić information content (AvgIpc) is 2.52. The van der Waals surface area contributed by atoms with Crippen molar-refractivity contribution in [2.75, 3.05) is 13.2 Å². The molecule has 0 atom stereocenters.